The molecule has 0 N–H and O–H groups in total. The van der Waals surface area contributed by atoms with E-state index in [9.17, 15) is 13.2 Å². The molecule has 2 aliphatic rings. The fraction of sp³-hybridized carbons (Fsp3) is 0.269. The van der Waals surface area contributed by atoms with Crippen LogP contribution in [0.2, 0.25) is 0 Å². The van der Waals surface area contributed by atoms with Crippen molar-refractivity contribution in [3.63, 3.8) is 0 Å². The summed E-state index contributed by atoms with van der Waals surface area (Å²) in [6.07, 6.45) is 1.34. The van der Waals surface area contributed by atoms with Gasteiger partial charge in [-0.1, -0.05) is 48.5 Å². The third-order valence-corrected chi connectivity index (χ3v) is 8.58. The number of para-hydroxylation sites is 1. The Balaban J connectivity index is 1.55. The van der Waals surface area contributed by atoms with E-state index < -0.39 is 9.84 Å². The van der Waals surface area contributed by atoms with Crippen molar-refractivity contribution in [1.82, 2.24) is 14.5 Å². The molecule has 4 heterocycles. The molecular formula is C26H24N4O3S. The number of sulfone groups is 1. The van der Waals surface area contributed by atoms with Crippen molar-refractivity contribution < 1.29 is 13.2 Å². The van der Waals surface area contributed by atoms with Gasteiger partial charge in [-0.25, -0.2) is 18.4 Å². The molecule has 4 aromatic rings. The molecule has 1 saturated heterocycles. The van der Waals surface area contributed by atoms with Gasteiger partial charge in [-0.2, -0.15) is 0 Å². The van der Waals surface area contributed by atoms with Crippen LogP contribution in [0.15, 0.2) is 60.7 Å². The minimum Gasteiger partial charge on any atom is -0.324 e. The second kappa shape index (κ2) is 7.77. The molecule has 1 atom stereocenters. The summed E-state index contributed by atoms with van der Waals surface area (Å²) in [5, 5.41) is 0. The molecule has 1 fully saturated rings. The van der Waals surface area contributed by atoms with E-state index in [0.717, 1.165) is 28.8 Å². The van der Waals surface area contributed by atoms with Crippen molar-refractivity contribution in [3.05, 3.63) is 77.7 Å². The van der Waals surface area contributed by atoms with Crippen molar-refractivity contribution in [3.8, 4) is 11.3 Å². The monoisotopic (exact) mass is 472 g/mol. The summed E-state index contributed by atoms with van der Waals surface area (Å²) in [5.74, 6) is 0.769. The zero-order valence-corrected chi connectivity index (χ0v) is 19.6. The van der Waals surface area contributed by atoms with E-state index in [1.54, 1.807) is 4.90 Å². The number of hydrogen-bond donors (Lipinski definition) is 0. The van der Waals surface area contributed by atoms with E-state index in [1.807, 2.05) is 72.2 Å². The average Bonchev–Trinajstić information content (AvgIpc) is 3.52. The maximum Gasteiger partial charge on any atom is 0.279 e. The summed E-state index contributed by atoms with van der Waals surface area (Å²) in [6.45, 7) is 2.46. The number of imidazole rings is 1. The number of aromatic nitrogens is 3. The van der Waals surface area contributed by atoms with E-state index >= 15 is 0 Å². The van der Waals surface area contributed by atoms with Gasteiger partial charge in [0.15, 0.2) is 15.5 Å². The third-order valence-electron chi connectivity index (χ3n) is 6.83. The second-order valence-electron chi connectivity index (χ2n) is 9.01. The second-order valence-corrected chi connectivity index (χ2v) is 11.2. The van der Waals surface area contributed by atoms with Gasteiger partial charge in [-0.3, -0.25) is 4.79 Å². The lowest BCUT2D eigenvalue weighted by Gasteiger charge is -2.18. The fourth-order valence-corrected chi connectivity index (χ4v) is 6.93. The van der Waals surface area contributed by atoms with Crippen LogP contribution in [0.5, 0.6) is 0 Å². The van der Waals surface area contributed by atoms with E-state index in [4.69, 9.17) is 9.97 Å². The highest BCUT2D eigenvalue weighted by molar-refractivity contribution is 7.91. The smallest absolute Gasteiger partial charge is 0.279 e. The van der Waals surface area contributed by atoms with E-state index in [0.29, 0.717) is 35.7 Å². The molecule has 0 bridgehead atoms. The molecule has 172 valence electrons. The molecule has 0 radical (unpaired) electrons. The summed E-state index contributed by atoms with van der Waals surface area (Å²) in [4.78, 5) is 25.2. The van der Waals surface area contributed by atoms with Crippen molar-refractivity contribution in [2.45, 2.75) is 25.8 Å². The average molecular weight is 473 g/mol. The predicted molar refractivity (Wildman–Crippen MR) is 132 cm³/mol. The Morgan fingerprint density at radius 3 is 2.56 bits per heavy atom. The largest absolute Gasteiger partial charge is 0.324 e. The Morgan fingerprint density at radius 2 is 1.79 bits per heavy atom. The zero-order chi connectivity index (χ0) is 23.4. The third kappa shape index (κ3) is 3.40. The molecule has 1 unspecified atom stereocenters. The Labute approximate surface area is 198 Å². The normalized spacial score (nSPS) is 19.0. The quantitative estimate of drug-likeness (QED) is 0.450. The van der Waals surface area contributed by atoms with Crippen molar-refractivity contribution in [1.29, 1.82) is 0 Å². The van der Waals surface area contributed by atoms with E-state index in [2.05, 4.69) is 0 Å². The lowest BCUT2D eigenvalue weighted by atomic mass is 10.1. The number of anilines is 1. The van der Waals surface area contributed by atoms with Crippen LogP contribution in [0.4, 0.5) is 5.69 Å². The van der Waals surface area contributed by atoms with E-state index in [-0.39, 0.29) is 23.5 Å². The Bertz CT molecular complexity index is 1540. The first kappa shape index (κ1) is 21.0. The van der Waals surface area contributed by atoms with Gasteiger partial charge in [0.1, 0.15) is 11.3 Å². The molecule has 0 spiro atoms. The summed E-state index contributed by atoms with van der Waals surface area (Å²) in [7, 11) is -3.08. The molecule has 6 rings (SSSR count). The molecule has 1 amide bonds. The van der Waals surface area contributed by atoms with Crippen LogP contribution in [0.25, 0.3) is 22.3 Å². The number of amides is 1. The lowest BCUT2D eigenvalue weighted by molar-refractivity contribution is 0.0986. The number of aryl methyl sites for hydroxylation is 1. The number of benzene rings is 2. The Morgan fingerprint density at radius 1 is 1.03 bits per heavy atom. The van der Waals surface area contributed by atoms with Gasteiger partial charge in [-0.15, -0.1) is 0 Å². The van der Waals surface area contributed by atoms with Gasteiger partial charge in [-0.05, 0) is 37.5 Å². The Kier molecular flexibility index (Phi) is 4.81. The summed E-state index contributed by atoms with van der Waals surface area (Å²) in [5.41, 5.74) is 5.20. The summed E-state index contributed by atoms with van der Waals surface area (Å²) < 4.78 is 26.5. The summed E-state index contributed by atoms with van der Waals surface area (Å²) in [6, 6.07) is 19.4. The number of carbonyl (C=O) groups is 1. The predicted octanol–water partition coefficient (Wildman–Crippen LogP) is 3.97. The number of rotatable bonds is 3. The Hall–Kier alpha value is -3.52. The van der Waals surface area contributed by atoms with Gasteiger partial charge in [0.2, 0.25) is 0 Å². The number of fused-ring (bicyclic) bond motifs is 2. The molecule has 2 aliphatic heterocycles. The first-order valence-corrected chi connectivity index (χ1v) is 13.3. The minimum atomic E-state index is -3.08. The van der Waals surface area contributed by atoms with Gasteiger partial charge < -0.3 is 9.47 Å². The first-order chi connectivity index (χ1) is 16.4. The van der Waals surface area contributed by atoms with Gasteiger partial charge in [0.25, 0.3) is 5.91 Å². The van der Waals surface area contributed by atoms with Crippen LogP contribution in [-0.2, 0) is 16.3 Å². The molecule has 8 heteroatoms. The lowest BCUT2D eigenvalue weighted by Crippen LogP contribution is -2.30. The number of nitrogens with zero attached hydrogens (tertiary/aromatic N) is 4. The standard InChI is InChI=1S/C26H24N4O3S/c1-17-27-24-23(30(17)20-12-14-34(32,33)16-20)15-21(18-7-3-2-4-8-18)28-25(24)26(31)29-13-11-19-9-5-6-10-22(19)29/h2-10,15,20H,11-14,16H2,1H3. The van der Waals surface area contributed by atoms with Crippen LogP contribution in [0.1, 0.15) is 34.3 Å². The highest BCUT2D eigenvalue weighted by atomic mass is 32.2. The minimum absolute atomic E-state index is 0.0884. The van der Waals surface area contributed by atoms with Crippen LogP contribution in [0, 0.1) is 6.92 Å². The highest BCUT2D eigenvalue weighted by Gasteiger charge is 2.34. The summed E-state index contributed by atoms with van der Waals surface area (Å²) >= 11 is 0. The molecule has 34 heavy (non-hydrogen) atoms. The van der Waals surface area contributed by atoms with Crippen molar-refractivity contribution in [2.75, 3.05) is 23.0 Å². The number of carbonyl (C=O) groups excluding carboxylic acids is 1. The molecule has 0 saturated carbocycles. The first-order valence-electron chi connectivity index (χ1n) is 11.5. The topological polar surface area (TPSA) is 85.2 Å². The van der Waals surface area contributed by atoms with Crippen molar-refractivity contribution >= 4 is 32.5 Å². The maximum atomic E-state index is 13.9. The zero-order valence-electron chi connectivity index (χ0n) is 18.8. The molecule has 2 aromatic heterocycles. The number of hydrogen-bond acceptors (Lipinski definition) is 5. The molecular weight excluding hydrogens is 448 g/mol. The van der Waals surface area contributed by atoms with Gasteiger partial charge >= 0.3 is 0 Å². The fourth-order valence-electron chi connectivity index (χ4n) is 5.23. The van der Waals surface area contributed by atoms with Crippen LogP contribution >= 0.6 is 0 Å². The van der Waals surface area contributed by atoms with Crippen LogP contribution < -0.4 is 4.90 Å². The molecule has 7 nitrogen and oxygen atoms in total. The number of pyridine rings is 1. The maximum absolute atomic E-state index is 13.9. The van der Waals surface area contributed by atoms with Crippen LogP contribution in [0.3, 0.4) is 0 Å². The van der Waals surface area contributed by atoms with Gasteiger partial charge in [0.05, 0.1) is 28.8 Å². The molecule has 0 aliphatic carbocycles. The van der Waals surface area contributed by atoms with Gasteiger partial charge in [0, 0.05) is 17.8 Å². The highest BCUT2D eigenvalue weighted by Crippen LogP contribution is 2.34. The SMILES string of the molecule is Cc1nc2c(C(=O)N3CCc4ccccc43)nc(-c3ccccc3)cc2n1C1CCS(=O)(=O)C1. The van der Waals surface area contributed by atoms with E-state index in [1.165, 1.54) is 0 Å². The molecule has 2 aromatic carbocycles. The van der Waals surface area contributed by atoms with Crippen molar-refractivity contribution in [2.24, 2.45) is 0 Å². The van der Waals surface area contributed by atoms with Crippen LogP contribution in [-0.4, -0.2) is 46.9 Å².